The van der Waals surface area contributed by atoms with Crippen LogP contribution in [0.4, 0.5) is 0 Å². The van der Waals surface area contributed by atoms with E-state index in [9.17, 15) is 0 Å². The van der Waals surface area contributed by atoms with Gasteiger partial charge in [-0.25, -0.2) is 69.8 Å². The number of ether oxygens (including phenoxy) is 8. The first-order valence-corrected chi connectivity index (χ1v) is 33.6. The monoisotopic (exact) mass is 1530 g/mol. The Morgan fingerprint density at radius 2 is 0.365 bits per heavy atom. The number of nitrogens with zero attached hydrogens (tertiary/aromatic N) is 14. The van der Waals surface area contributed by atoms with Crippen molar-refractivity contribution in [2.24, 2.45) is 0 Å². The largest absolute Gasteiger partial charge is 0.453 e. The van der Waals surface area contributed by atoms with E-state index in [0.717, 1.165) is 0 Å². The van der Waals surface area contributed by atoms with Gasteiger partial charge in [0, 0.05) is 142 Å². The van der Waals surface area contributed by atoms with Crippen LogP contribution in [0.25, 0.3) is 89.7 Å². The summed E-state index contributed by atoms with van der Waals surface area (Å²) >= 11 is 51.8. The van der Waals surface area contributed by atoms with Gasteiger partial charge in [-0.15, -0.1) is 0 Å². The molecule has 506 valence electrons. The molecule has 17 rings (SSSR count). The molecule has 24 nitrogen and oxygen atoms in total. The summed E-state index contributed by atoms with van der Waals surface area (Å²) in [6, 6.07) is 39.2. The van der Waals surface area contributed by atoms with Gasteiger partial charge in [0.25, 0.3) is 0 Å². The lowest BCUT2D eigenvalue weighted by molar-refractivity contribution is 0.418. The molecule has 8 bridgehead atoms. The quantitative estimate of drug-likeness (QED) is 0.0850. The van der Waals surface area contributed by atoms with Crippen LogP contribution in [-0.4, -0.2) is 79.7 Å². The van der Waals surface area contributed by atoms with E-state index in [-0.39, 0.29) is 133 Å². The molecule has 13 heterocycles. The molecule has 11 aromatic heterocycles. The van der Waals surface area contributed by atoms with Crippen LogP contribution in [0.3, 0.4) is 0 Å². The molecular formula is C72H34Cl8N16O8. The lowest BCUT2D eigenvalue weighted by atomic mass is 10.1. The molecule has 0 amide bonds. The number of aromatic nitrogens is 16. The highest BCUT2D eigenvalue weighted by Gasteiger charge is 2.29. The van der Waals surface area contributed by atoms with Crippen molar-refractivity contribution in [2.45, 2.75) is 0 Å². The molecule has 0 unspecified atom stereocenters. The fourth-order valence-electron chi connectivity index (χ4n) is 11.1. The maximum Gasteiger partial charge on any atom is 0.170 e. The smallest absolute Gasteiger partial charge is 0.170 e. The Balaban J connectivity index is 0.995. The van der Waals surface area contributed by atoms with Gasteiger partial charge >= 0.3 is 0 Å². The topological polar surface area (TPSA) is 286 Å². The summed E-state index contributed by atoms with van der Waals surface area (Å²) in [6.45, 7) is 0. The number of hydrogen-bond donors (Lipinski definition) is 2. The third-order valence-electron chi connectivity index (χ3n) is 15.5. The van der Waals surface area contributed by atoms with Gasteiger partial charge in [0.15, 0.2) is 69.3 Å². The zero-order valence-corrected chi connectivity index (χ0v) is 58.1. The lowest BCUT2D eigenvalue weighted by Crippen LogP contribution is -1.94. The first-order chi connectivity index (χ1) is 50.6. The zero-order chi connectivity index (χ0) is 70.7. The molecule has 0 fully saturated rings. The molecule has 104 heavy (non-hydrogen) atoms. The Hall–Kier alpha value is -11.8. The van der Waals surface area contributed by atoms with E-state index in [4.69, 9.17) is 161 Å². The summed E-state index contributed by atoms with van der Waals surface area (Å²) in [5.41, 5.74) is 2.38. The summed E-state index contributed by atoms with van der Waals surface area (Å²) < 4.78 is 53.2. The van der Waals surface area contributed by atoms with Gasteiger partial charge in [0.1, 0.15) is 110 Å². The number of halogens is 8. The van der Waals surface area contributed by atoms with E-state index in [1.54, 1.807) is 146 Å². The van der Waals surface area contributed by atoms with Crippen molar-refractivity contribution in [1.29, 1.82) is 0 Å². The summed E-state index contributed by atoms with van der Waals surface area (Å²) in [5, 5.41) is 3.00. The Kier molecular flexibility index (Phi) is 17.3. The summed E-state index contributed by atoms with van der Waals surface area (Å²) in [4.78, 5) is 72.6. The predicted octanol–water partition coefficient (Wildman–Crippen LogP) is 21.6. The van der Waals surface area contributed by atoms with Gasteiger partial charge in [0.2, 0.25) is 0 Å². The highest BCUT2D eigenvalue weighted by molar-refractivity contribution is 6.31. The van der Waals surface area contributed by atoms with Crippen molar-refractivity contribution in [3.05, 3.63) is 236 Å². The minimum Gasteiger partial charge on any atom is -0.453 e. The van der Waals surface area contributed by atoms with Gasteiger partial charge in [-0.1, -0.05) is 92.8 Å². The van der Waals surface area contributed by atoms with Gasteiger partial charge in [-0.3, -0.25) is 0 Å². The van der Waals surface area contributed by atoms with Gasteiger partial charge in [-0.2, -0.15) is 0 Å². The summed E-state index contributed by atoms with van der Waals surface area (Å²) in [5.74, 6) is 4.36. The molecule has 0 atom stereocenters. The van der Waals surface area contributed by atoms with Crippen molar-refractivity contribution in [2.75, 3.05) is 0 Å². The minimum absolute atomic E-state index is 0.109. The van der Waals surface area contributed by atoms with Gasteiger partial charge in [-0.05, 0) is 97.1 Å². The highest BCUT2D eigenvalue weighted by atomic mass is 35.5. The number of H-pyrrole nitrogens is 2. The molecule has 2 aliphatic heterocycles. The molecular weight excluding hydrogens is 1500 g/mol. The van der Waals surface area contributed by atoms with Crippen LogP contribution in [0.2, 0.25) is 41.2 Å². The highest BCUT2D eigenvalue weighted by Crippen LogP contribution is 2.50. The molecule has 4 aromatic carbocycles. The molecule has 0 saturated carbocycles. The van der Waals surface area contributed by atoms with E-state index in [1.165, 1.54) is 49.6 Å². The van der Waals surface area contributed by atoms with Crippen molar-refractivity contribution < 1.29 is 37.9 Å². The average molecular weight is 1530 g/mol. The maximum atomic E-state index is 6.66. The molecule has 0 aliphatic carbocycles. The lowest BCUT2D eigenvalue weighted by Gasteiger charge is -2.14. The molecule has 32 heteroatoms. The number of aromatic amines is 2. The zero-order valence-electron chi connectivity index (χ0n) is 52.0. The Morgan fingerprint density at radius 3 is 0.529 bits per heavy atom. The first kappa shape index (κ1) is 65.5. The van der Waals surface area contributed by atoms with Crippen molar-refractivity contribution in [1.82, 2.24) is 79.7 Å². The molecule has 0 spiro atoms. The predicted molar refractivity (Wildman–Crippen MR) is 391 cm³/mol. The SMILES string of the molecule is Clc1cc(Oc2cc3c(cc2Oc2ccnc(Cl)c2)-c2nc-3nc3[nH]c(nc4nc(nc5[nH]c(n2)c2cc(Oc6ccnc(Cl)c6)c(Oc6ccnc(Cl)c6)cc52)-c2cc(Oc5ccnc(Cl)c5)c(Oc5ccnc(Cl)c5)cc2-4)c2cc(Oc4ccnc(Cl)c4)c(Oc4ccnc(Cl)c4)cc32)ccn1. The number of nitrogens with one attached hydrogen (secondary N) is 2. The standard InChI is InChI=1S/C72H34Cl8N16O8/c73-57-17-33(1-9-81-57)97-49-25-41-42(26-50(49)98-34-2-10-82-58(74)18-34)66-89-65(41)93-67-43-27-51(99-35-3-11-83-59(75)19-35)52(100-36-4-12-84-60(76)20-36)28-44(43)69(90-67)95-71-47-31-55(103-39-7-15-87-63(79)23-39)56(104-40-8-16-88-64(80)24-40)32-48(47)72(92-71)96-70-46-30-54(102-38-6-14-86-62(78)22-38)53(29-45(46)68(91-70)94-66)101-37-5-13-85-61(77)21-37/h1-32H,(H2,89,90,91,92,93,94,95,96). The van der Waals surface area contributed by atoms with Crippen molar-refractivity contribution in [3.8, 4) is 138 Å². The van der Waals surface area contributed by atoms with Crippen LogP contribution in [-0.2, 0) is 0 Å². The van der Waals surface area contributed by atoms with E-state index in [0.29, 0.717) is 89.8 Å². The second-order valence-electron chi connectivity index (χ2n) is 22.3. The molecule has 2 N–H and O–H groups in total. The molecule has 0 saturated heterocycles. The molecule has 15 aromatic rings. The van der Waals surface area contributed by atoms with Crippen LogP contribution >= 0.6 is 92.8 Å². The summed E-state index contributed by atoms with van der Waals surface area (Å²) in [7, 11) is 0. The van der Waals surface area contributed by atoms with E-state index < -0.39 is 0 Å². The average Bonchev–Trinajstić information content (AvgIpc) is 1.59. The van der Waals surface area contributed by atoms with Gasteiger partial charge in [0.05, 0.1) is 0 Å². The van der Waals surface area contributed by atoms with E-state index >= 15 is 0 Å². The number of benzene rings is 4. The van der Waals surface area contributed by atoms with Crippen LogP contribution in [0.5, 0.6) is 92.0 Å². The third-order valence-corrected chi connectivity index (χ3v) is 17.1. The first-order valence-electron chi connectivity index (χ1n) is 30.5. The summed E-state index contributed by atoms with van der Waals surface area (Å²) in [6.07, 6.45) is 12.0. The van der Waals surface area contributed by atoms with Crippen LogP contribution in [0.1, 0.15) is 0 Å². The van der Waals surface area contributed by atoms with Crippen molar-refractivity contribution >= 4 is 137 Å². The van der Waals surface area contributed by atoms with E-state index in [2.05, 4.69) is 49.8 Å². The Labute approximate surface area is 624 Å². The number of rotatable bonds is 16. The number of pyridine rings is 8. The fourth-order valence-corrected chi connectivity index (χ4v) is 12.4. The fraction of sp³-hybridized carbons (Fsp3) is 0. The third kappa shape index (κ3) is 13.8. The molecule has 2 aliphatic rings. The Bertz CT molecular complexity index is 5490. The second-order valence-corrected chi connectivity index (χ2v) is 25.4. The normalized spacial score (nSPS) is 11.5. The van der Waals surface area contributed by atoms with E-state index in [1.807, 2.05) is 0 Å². The second kappa shape index (κ2) is 27.5. The maximum absolute atomic E-state index is 6.66. The minimum atomic E-state index is 0.109. The van der Waals surface area contributed by atoms with Gasteiger partial charge < -0.3 is 47.9 Å². The Morgan fingerprint density at radius 1 is 0.202 bits per heavy atom. The number of hydrogen-bond acceptors (Lipinski definition) is 22. The molecule has 0 radical (unpaired) electrons. The van der Waals surface area contributed by atoms with Crippen LogP contribution in [0.15, 0.2) is 195 Å². The number of fused-ring (bicyclic) bond motifs is 20. The van der Waals surface area contributed by atoms with Crippen molar-refractivity contribution in [3.63, 3.8) is 0 Å². The van der Waals surface area contributed by atoms with Crippen LogP contribution < -0.4 is 37.9 Å². The van der Waals surface area contributed by atoms with Crippen LogP contribution in [0, 0.1) is 0 Å².